The molecule has 1 aliphatic rings. The first-order chi connectivity index (χ1) is 13.8. The molecule has 160 valence electrons. The van der Waals surface area contributed by atoms with E-state index in [1.165, 1.54) is 5.56 Å². The first-order valence-electron chi connectivity index (χ1n) is 9.81. The number of ketones is 1. The van der Waals surface area contributed by atoms with E-state index in [0.29, 0.717) is 12.1 Å². The fourth-order valence-corrected chi connectivity index (χ4v) is 4.35. The Morgan fingerprint density at radius 3 is 2.13 bits per heavy atom. The Balaban J connectivity index is 0.00000160. The number of carbonyl (C=O) groups is 1. The summed E-state index contributed by atoms with van der Waals surface area (Å²) in [7, 11) is 0. The molecule has 1 fully saturated rings. The van der Waals surface area contributed by atoms with Crippen molar-refractivity contribution in [1.82, 2.24) is 14.8 Å². The summed E-state index contributed by atoms with van der Waals surface area (Å²) < 4.78 is 0. The van der Waals surface area contributed by atoms with Gasteiger partial charge in [0.05, 0.1) is 0 Å². The molecule has 0 bridgehead atoms. The number of benzene rings is 2. The molecule has 0 atom stereocenters. The molecule has 30 heavy (non-hydrogen) atoms. The molecule has 0 N–H and O–H groups in total. The summed E-state index contributed by atoms with van der Waals surface area (Å²) in [6, 6.07) is 20.7. The first-order valence-corrected chi connectivity index (χ1v) is 10.7. The largest absolute Gasteiger partial charge is 0.300 e. The lowest BCUT2D eigenvalue weighted by Gasteiger charge is -2.34. The van der Waals surface area contributed by atoms with Crippen LogP contribution in [0.1, 0.15) is 22.5 Å². The third-order valence-corrected chi connectivity index (χ3v) is 6.07. The lowest BCUT2D eigenvalue weighted by Crippen LogP contribution is -2.46. The minimum atomic E-state index is 0. The molecular formula is C23H27Cl2N3OS. The molecule has 1 saturated heterocycles. The van der Waals surface area contributed by atoms with Gasteiger partial charge in [0.2, 0.25) is 0 Å². The zero-order valence-corrected chi connectivity index (χ0v) is 19.2. The quantitative estimate of drug-likeness (QED) is 0.459. The Kier molecular flexibility index (Phi) is 9.95. The average molecular weight is 464 g/mol. The Bertz CT molecular complexity index is 897. The van der Waals surface area contributed by atoms with Crippen LogP contribution in [0.5, 0.6) is 0 Å². The molecule has 4 rings (SSSR count). The number of nitrogens with zero attached hydrogens (tertiary/aromatic N) is 3. The van der Waals surface area contributed by atoms with E-state index in [2.05, 4.69) is 45.1 Å². The summed E-state index contributed by atoms with van der Waals surface area (Å²) >= 11 is 1.54. The van der Waals surface area contributed by atoms with E-state index < -0.39 is 0 Å². The Morgan fingerprint density at radius 1 is 0.867 bits per heavy atom. The second-order valence-corrected chi connectivity index (χ2v) is 8.04. The molecule has 1 aliphatic heterocycles. The molecule has 0 spiro atoms. The van der Waals surface area contributed by atoms with Crippen LogP contribution in [0.4, 0.5) is 0 Å². The zero-order chi connectivity index (χ0) is 19.2. The summed E-state index contributed by atoms with van der Waals surface area (Å²) in [6.45, 7) is 5.97. The van der Waals surface area contributed by atoms with Crippen molar-refractivity contribution in [2.24, 2.45) is 0 Å². The third kappa shape index (κ3) is 6.62. The minimum Gasteiger partial charge on any atom is -0.300 e. The maximum Gasteiger partial charge on any atom is 0.183 e. The number of halogens is 2. The molecule has 0 radical (unpaired) electrons. The zero-order valence-electron chi connectivity index (χ0n) is 16.8. The van der Waals surface area contributed by atoms with Crippen LogP contribution in [0.2, 0.25) is 0 Å². The second-order valence-electron chi connectivity index (χ2n) is 7.18. The monoisotopic (exact) mass is 463 g/mol. The summed E-state index contributed by atoms with van der Waals surface area (Å²) in [4.78, 5) is 22.0. The van der Waals surface area contributed by atoms with E-state index >= 15 is 0 Å². The van der Waals surface area contributed by atoms with Crippen LogP contribution in [0.3, 0.4) is 0 Å². The molecule has 2 heterocycles. The van der Waals surface area contributed by atoms with Crippen molar-refractivity contribution >= 4 is 41.9 Å². The molecule has 4 nitrogen and oxygen atoms in total. The molecule has 7 heteroatoms. The number of hydrogen-bond acceptors (Lipinski definition) is 5. The van der Waals surface area contributed by atoms with Gasteiger partial charge in [-0.25, -0.2) is 4.98 Å². The highest BCUT2D eigenvalue weighted by Crippen LogP contribution is 2.23. The third-order valence-electron chi connectivity index (χ3n) is 5.18. The predicted octanol–water partition coefficient (Wildman–Crippen LogP) is 5.04. The number of thiazole rings is 1. The van der Waals surface area contributed by atoms with Crippen LogP contribution < -0.4 is 0 Å². The Hall–Kier alpha value is -1.76. The summed E-state index contributed by atoms with van der Waals surface area (Å²) in [6.07, 6.45) is 0.538. The standard InChI is InChI=1S/C23H25N3OS.2ClH/c27-22(21-18-28-23(24-21)20-9-5-2-6-10-20)11-12-25-13-15-26(16-14-25)17-19-7-3-1-4-8-19;;/h1-10,18H,11-17H2;2*1H. The van der Waals surface area contributed by atoms with Crippen molar-refractivity contribution in [1.29, 1.82) is 0 Å². The maximum atomic E-state index is 12.5. The smallest absolute Gasteiger partial charge is 0.183 e. The highest BCUT2D eigenvalue weighted by molar-refractivity contribution is 7.13. The van der Waals surface area contributed by atoms with Gasteiger partial charge in [-0.05, 0) is 5.56 Å². The van der Waals surface area contributed by atoms with Gasteiger partial charge < -0.3 is 4.90 Å². The summed E-state index contributed by atoms with van der Waals surface area (Å²) in [5, 5.41) is 2.81. The highest BCUT2D eigenvalue weighted by atomic mass is 35.5. The van der Waals surface area contributed by atoms with Crippen LogP contribution in [-0.2, 0) is 6.54 Å². The van der Waals surface area contributed by atoms with E-state index in [9.17, 15) is 4.79 Å². The van der Waals surface area contributed by atoms with E-state index in [1.54, 1.807) is 11.3 Å². The Morgan fingerprint density at radius 2 is 1.47 bits per heavy atom. The number of aromatic nitrogens is 1. The Labute approximate surface area is 194 Å². The van der Waals surface area contributed by atoms with Crippen molar-refractivity contribution in [2.45, 2.75) is 13.0 Å². The van der Waals surface area contributed by atoms with E-state index in [1.807, 2.05) is 35.7 Å². The molecule has 0 aliphatic carbocycles. The van der Waals surface area contributed by atoms with Gasteiger partial charge in [-0.2, -0.15) is 0 Å². The first kappa shape index (κ1) is 24.5. The van der Waals surface area contributed by atoms with E-state index in [-0.39, 0.29) is 30.6 Å². The van der Waals surface area contributed by atoms with Crippen molar-refractivity contribution < 1.29 is 4.79 Å². The lowest BCUT2D eigenvalue weighted by molar-refractivity contribution is 0.0919. The van der Waals surface area contributed by atoms with Crippen LogP contribution >= 0.6 is 36.2 Å². The molecule has 0 unspecified atom stereocenters. The highest BCUT2D eigenvalue weighted by Gasteiger charge is 2.19. The van der Waals surface area contributed by atoms with Crippen molar-refractivity contribution in [3.05, 3.63) is 77.3 Å². The fraction of sp³-hybridized carbons (Fsp3) is 0.304. The van der Waals surface area contributed by atoms with Crippen molar-refractivity contribution in [3.63, 3.8) is 0 Å². The number of Topliss-reactive ketones (excluding diaryl/α,β-unsaturated/α-hetero) is 1. The SMILES string of the molecule is Cl.Cl.O=C(CCN1CCN(Cc2ccccc2)CC1)c1csc(-c2ccccc2)n1. The number of carbonyl (C=O) groups excluding carboxylic acids is 1. The summed E-state index contributed by atoms with van der Waals surface area (Å²) in [5.74, 6) is 0.144. The number of piperazine rings is 1. The minimum absolute atomic E-state index is 0. The normalized spacial score (nSPS) is 14.5. The van der Waals surface area contributed by atoms with Gasteiger partial charge >= 0.3 is 0 Å². The van der Waals surface area contributed by atoms with E-state index in [4.69, 9.17) is 0 Å². The molecular weight excluding hydrogens is 437 g/mol. The average Bonchev–Trinajstić information content (AvgIpc) is 3.25. The van der Waals surface area contributed by atoms with Crippen LogP contribution in [0.25, 0.3) is 10.6 Å². The van der Waals surface area contributed by atoms with Gasteiger partial charge in [0.15, 0.2) is 5.78 Å². The number of hydrogen-bond donors (Lipinski definition) is 0. The fourth-order valence-electron chi connectivity index (χ4n) is 3.52. The van der Waals surface area contributed by atoms with Gasteiger partial charge in [-0.3, -0.25) is 9.69 Å². The van der Waals surface area contributed by atoms with E-state index in [0.717, 1.165) is 49.8 Å². The lowest BCUT2D eigenvalue weighted by atomic mass is 10.2. The van der Waals surface area contributed by atoms with Gasteiger partial charge in [0.25, 0.3) is 0 Å². The van der Waals surface area contributed by atoms with Gasteiger partial charge in [0.1, 0.15) is 10.7 Å². The molecule has 0 amide bonds. The van der Waals surface area contributed by atoms with Gasteiger partial charge in [-0.15, -0.1) is 36.2 Å². The van der Waals surface area contributed by atoms with Crippen LogP contribution in [0, 0.1) is 0 Å². The second kappa shape index (κ2) is 12.2. The number of rotatable bonds is 7. The topological polar surface area (TPSA) is 36.4 Å². The van der Waals surface area contributed by atoms with Crippen LogP contribution in [0.15, 0.2) is 66.0 Å². The van der Waals surface area contributed by atoms with Crippen LogP contribution in [-0.4, -0.2) is 53.3 Å². The van der Waals surface area contributed by atoms with Gasteiger partial charge in [0, 0.05) is 56.6 Å². The maximum absolute atomic E-state index is 12.5. The molecule has 3 aromatic rings. The predicted molar refractivity (Wildman–Crippen MR) is 129 cm³/mol. The van der Waals surface area contributed by atoms with Crippen molar-refractivity contribution in [3.8, 4) is 10.6 Å². The summed E-state index contributed by atoms with van der Waals surface area (Å²) in [5.41, 5.74) is 3.04. The van der Waals surface area contributed by atoms with Crippen molar-refractivity contribution in [2.75, 3.05) is 32.7 Å². The molecule has 1 aromatic heterocycles. The molecule has 0 saturated carbocycles. The van der Waals surface area contributed by atoms with Gasteiger partial charge in [-0.1, -0.05) is 60.7 Å². The molecule has 2 aromatic carbocycles.